The van der Waals surface area contributed by atoms with Crippen LogP contribution in [0.3, 0.4) is 0 Å². The Labute approximate surface area is 107 Å². The molecular weight excluding hydrogens is 234 g/mol. The fraction of sp³-hybridized carbons (Fsp3) is 0.692. The lowest BCUT2D eigenvalue weighted by molar-refractivity contribution is 0.105. The van der Waals surface area contributed by atoms with Crippen molar-refractivity contribution in [3.63, 3.8) is 0 Å². The minimum absolute atomic E-state index is 0.395. The summed E-state index contributed by atoms with van der Waals surface area (Å²) in [5.41, 5.74) is 0. The molecule has 0 aliphatic carbocycles. The molecule has 17 heavy (non-hydrogen) atoms. The molecule has 96 valence electrons. The standard InChI is InChI=1S/C13H21NO2S/c1-10-11(5-6-15-10)7-14-8-12-3-4-13(16-12)9-17-2/h3-4,10-11,14H,5-9H2,1-2H3. The van der Waals surface area contributed by atoms with Crippen LogP contribution in [0.5, 0.6) is 0 Å². The van der Waals surface area contributed by atoms with Crippen LogP contribution in [0.25, 0.3) is 0 Å². The molecule has 2 rings (SSSR count). The van der Waals surface area contributed by atoms with Crippen LogP contribution in [0.1, 0.15) is 24.9 Å². The van der Waals surface area contributed by atoms with Gasteiger partial charge in [-0.3, -0.25) is 0 Å². The van der Waals surface area contributed by atoms with Gasteiger partial charge in [0.25, 0.3) is 0 Å². The second-order valence-corrected chi connectivity index (χ2v) is 5.42. The summed E-state index contributed by atoms with van der Waals surface area (Å²) in [4.78, 5) is 0. The number of rotatable bonds is 6. The van der Waals surface area contributed by atoms with Crippen molar-refractivity contribution >= 4 is 11.8 Å². The van der Waals surface area contributed by atoms with Gasteiger partial charge in [0.15, 0.2) is 0 Å². The minimum atomic E-state index is 0.395. The average molecular weight is 255 g/mol. The number of nitrogens with one attached hydrogen (secondary N) is 1. The quantitative estimate of drug-likeness (QED) is 0.847. The first-order chi connectivity index (χ1) is 8.29. The molecule has 1 aliphatic heterocycles. The molecule has 2 atom stereocenters. The first-order valence-corrected chi connectivity index (χ1v) is 7.58. The Kier molecular flexibility index (Phi) is 4.95. The molecule has 3 nitrogen and oxygen atoms in total. The van der Waals surface area contributed by atoms with Gasteiger partial charge in [0.05, 0.1) is 18.4 Å². The Hall–Kier alpha value is -0.450. The van der Waals surface area contributed by atoms with Crippen molar-refractivity contribution in [2.75, 3.05) is 19.4 Å². The Morgan fingerprint density at radius 1 is 1.41 bits per heavy atom. The largest absolute Gasteiger partial charge is 0.464 e. The molecule has 0 spiro atoms. The van der Waals surface area contributed by atoms with Crippen molar-refractivity contribution in [2.24, 2.45) is 5.92 Å². The Bertz CT molecular complexity index is 340. The lowest BCUT2D eigenvalue weighted by atomic mass is 10.0. The molecule has 0 aromatic carbocycles. The number of hydrogen-bond acceptors (Lipinski definition) is 4. The molecule has 1 fully saturated rings. The molecule has 4 heteroatoms. The summed E-state index contributed by atoms with van der Waals surface area (Å²) >= 11 is 1.78. The molecule has 1 aliphatic rings. The Morgan fingerprint density at radius 3 is 2.94 bits per heavy atom. The highest BCUT2D eigenvalue weighted by atomic mass is 32.2. The summed E-state index contributed by atoms with van der Waals surface area (Å²) in [7, 11) is 0. The van der Waals surface area contributed by atoms with E-state index in [1.807, 2.05) is 0 Å². The SMILES string of the molecule is CSCc1ccc(CNCC2CCOC2C)o1. The summed E-state index contributed by atoms with van der Waals surface area (Å²) in [5.74, 6) is 3.69. The van der Waals surface area contributed by atoms with Crippen molar-refractivity contribution in [1.82, 2.24) is 5.32 Å². The van der Waals surface area contributed by atoms with Gasteiger partial charge in [-0.2, -0.15) is 11.8 Å². The van der Waals surface area contributed by atoms with Gasteiger partial charge < -0.3 is 14.5 Å². The zero-order chi connectivity index (χ0) is 12.1. The first-order valence-electron chi connectivity index (χ1n) is 6.18. The zero-order valence-corrected chi connectivity index (χ0v) is 11.4. The van der Waals surface area contributed by atoms with Gasteiger partial charge >= 0.3 is 0 Å². The predicted molar refractivity (Wildman–Crippen MR) is 71.2 cm³/mol. The molecule has 2 heterocycles. The van der Waals surface area contributed by atoms with Gasteiger partial charge in [0, 0.05) is 13.2 Å². The van der Waals surface area contributed by atoms with Crippen LogP contribution in [0, 0.1) is 5.92 Å². The molecule has 0 radical (unpaired) electrons. The van der Waals surface area contributed by atoms with Gasteiger partial charge in [-0.15, -0.1) is 0 Å². The van der Waals surface area contributed by atoms with Crippen molar-refractivity contribution in [2.45, 2.75) is 31.7 Å². The van der Waals surface area contributed by atoms with Crippen LogP contribution in [0.15, 0.2) is 16.5 Å². The molecule has 1 aromatic rings. The van der Waals surface area contributed by atoms with E-state index in [0.29, 0.717) is 12.0 Å². The van der Waals surface area contributed by atoms with Crippen molar-refractivity contribution < 1.29 is 9.15 Å². The second-order valence-electron chi connectivity index (χ2n) is 4.56. The number of furan rings is 1. The van der Waals surface area contributed by atoms with Crippen LogP contribution in [-0.2, 0) is 17.0 Å². The van der Waals surface area contributed by atoms with E-state index in [1.165, 1.54) is 6.42 Å². The molecule has 1 saturated heterocycles. The van der Waals surface area contributed by atoms with Crippen LogP contribution >= 0.6 is 11.8 Å². The third-order valence-corrected chi connectivity index (χ3v) is 3.82. The fourth-order valence-electron chi connectivity index (χ4n) is 2.16. The molecule has 1 N–H and O–H groups in total. The molecule has 0 saturated carbocycles. The third-order valence-electron chi connectivity index (χ3n) is 3.24. The van der Waals surface area contributed by atoms with Crippen LogP contribution < -0.4 is 5.32 Å². The number of thioether (sulfide) groups is 1. The molecular formula is C13H21NO2S. The number of hydrogen-bond donors (Lipinski definition) is 1. The van der Waals surface area contributed by atoms with Crippen LogP contribution in [0.4, 0.5) is 0 Å². The van der Waals surface area contributed by atoms with Gasteiger partial charge in [-0.05, 0) is 37.7 Å². The highest BCUT2D eigenvalue weighted by Gasteiger charge is 2.23. The summed E-state index contributed by atoms with van der Waals surface area (Å²) in [6, 6.07) is 4.13. The second kappa shape index (κ2) is 6.47. The van der Waals surface area contributed by atoms with Crippen molar-refractivity contribution in [3.05, 3.63) is 23.7 Å². The van der Waals surface area contributed by atoms with Gasteiger partial charge in [-0.1, -0.05) is 0 Å². The Balaban J connectivity index is 1.70. The summed E-state index contributed by atoms with van der Waals surface area (Å²) < 4.78 is 11.2. The summed E-state index contributed by atoms with van der Waals surface area (Å²) in [6.07, 6.45) is 3.65. The van der Waals surface area contributed by atoms with E-state index in [1.54, 1.807) is 11.8 Å². The third kappa shape index (κ3) is 3.76. The summed E-state index contributed by atoms with van der Waals surface area (Å²) in [6.45, 7) is 4.90. The van der Waals surface area contributed by atoms with E-state index in [4.69, 9.17) is 9.15 Å². The highest BCUT2D eigenvalue weighted by molar-refractivity contribution is 7.97. The smallest absolute Gasteiger partial charge is 0.117 e. The fourth-order valence-corrected chi connectivity index (χ4v) is 2.60. The average Bonchev–Trinajstić information content (AvgIpc) is 2.90. The van der Waals surface area contributed by atoms with Crippen molar-refractivity contribution in [3.8, 4) is 0 Å². The van der Waals surface area contributed by atoms with Crippen LogP contribution in [0.2, 0.25) is 0 Å². The molecule has 1 aromatic heterocycles. The van der Waals surface area contributed by atoms with E-state index in [2.05, 4.69) is 30.6 Å². The maximum atomic E-state index is 5.70. The van der Waals surface area contributed by atoms with E-state index in [-0.39, 0.29) is 0 Å². The minimum Gasteiger partial charge on any atom is -0.464 e. The van der Waals surface area contributed by atoms with E-state index in [9.17, 15) is 0 Å². The lowest BCUT2D eigenvalue weighted by Gasteiger charge is -2.13. The van der Waals surface area contributed by atoms with E-state index in [0.717, 1.165) is 37.0 Å². The van der Waals surface area contributed by atoms with Gasteiger partial charge in [0.1, 0.15) is 11.5 Å². The first kappa shape index (κ1) is 13.0. The summed E-state index contributed by atoms with van der Waals surface area (Å²) in [5, 5.41) is 3.45. The maximum absolute atomic E-state index is 5.70. The predicted octanol–water partition coefficient (Wildman–Crippen LogP) is 2.66. The monoisotopic (exact) mass is 255 g/mol. The van der Waals surface area contributed by atoms with Gasteiger partial charge in [-0.25, -0.2) is 0 Å². The highest BCUT2D eigenvalue weighted by Crippen LogP contribution is 2.19. The molecule has 0 bridgehead atoms. The lowest BCUT2D eigenvalue weighted by Crippen LogP contribution is -2.26. The van der Waals surface area contributed by atoms with E-state index < -0.39 is 0 Å². The maximum Gasteiger partial charge on any atom is 0.117 e. The Morgan fingerprint density at radius 2 is 2.24 bits per heavy atom. The topological polar surface area (TPSA) is 34.4 Å². The van der Waals surface area contributed by atoms with Gasteiger partial charge in [0.2, 0.25) is 0 Å². The van der Waals surface area contributed by atoms with E-state index >= 15 is 0 Å². The molecule has 2 unspecified atom stereocenters. The van der Waals surface area contributed by atoms with Crippen molar-refractivity contribution in [1.29, 1.82) is 0 Å². The van der Waals surface area contributed by atoms with Crippen LogP contribution in [-0.4, -0.2) is 25.5 Å². The number of ether oxygens (including phenoxy) is 1. The molecule has 0 amide bonds. The normalized spacial score (nSPS) is 24.4. The zero-order valence-electron chi connectivity index (χ0n) is 10.6.